The highest BCUT2D eigenvalue weighted by atomic mass is 16.7. The lowest BCUT2D eigenvalue weighted by atomic mass is 10.4. The molecule has 0 aliphatic carbocycles. The average Bonchev–Trinajstić information content (AvgIpc) is 2.61. The van der Waals surface area contributed by atoms with Crippen LogP contribution in [0.4, 0.5) is 5.69 Å². The van der Waals surface area contributed by atoms with Gasteiger partial charge in [-0.15, -0.1) is 5.10 Å². The van der Waals surface area contributed by atoms with E-state index in [1.54, 1.807) is 36.8 Å². The molecule has 66 valence electrons. The lowest BCUT2D eigenvalue weighted by Gasteiger charge is -2.04. The highest BCUT2D eigenvalue weighted by Crippen LogP contribution is 2.15. The maximum absolute atomic E-state index is 5.61. The van der Waals surface area contributed by atoms with Crippen molar-refractivity contribution in [2.75, 3.05) is 5.73 Å². The Balaban J connectivity index is 2.24. The summed E-state index contributed by atoms with van der Waals surface area (Å²) in [4.78, 5) is 10.5. The molecule has 0 saturated heterocycles. The third kappa shape index (κ3) is 1.58. The Kier molecular flexibility index (Phi) is 1.84. The summed E-state index contributed by atoms with van der Waals surface area (Å²) in [6.45, 7) is 0. The zero-order chi connectivity index (χ0) is 9.10. The molecule has 0 atom stereocenters. The van der Waals surface area contributed by atoms with Crippen LogP contribution in [0.15, 0.2) is 36.8 Å². The molecular weight excluding hydrogens is 168 g/mol. The SMILES string of the molecule is Nc1cccnc1On1cccn1. The van der Waals surface area contributed by atoms with E-state index in [4.69, 9.17) is 10.6 Å². The maximum atomic E-state index is 5.61. The normalized spacial score (nSPS) is 9.85. The Morgan fingerprint density at radius 3 is 2.92 bits per heavy atom. The summed E-state index contributed by atoms with van der Waals surface area (Å²) in [5.41, 5.74) is 6.09. The van der Waals surface area contributed by atoms with Crippen LogP contribution in [-0.4, -0.2) is 14.9 Å². The summed E-state index contributed by atoms with van der Waals surface area (Å²) in [6.07, 6.45) is 4.88. The quantitative estimate of drug-likeness (QED) is 0.731. The molecule has 0 bridgehead atoms. The predicted octanol–water partition coefficient (Wildman–Crippen LogP) is 0.702. The highest BCUT2D eigenvalue weighted by molar-refractivity contribution is 5.46. The molecule has 0 aliphatic heterocycles. The average molecular weight is 176 g/mol. The first-order chi connectivity index (χ1) is 6.36. The Bertz CT molecular complexity index is 385. The van der Waals surface area contributed by atoms with Gasteiger partial charge in [0.05, 0.1) is 18.1 Å². The summed E-state index contributed by atoms with van der Waals surface area (Å²) < 4.78 is 0. The Morgan fingerprint density at radius 2 is 2.23 bits per heavy atom. The monoisotopic (exact) mass is 176 g/mol. The summed E-state index contributed by atoms with van der Waals surface area (Å²) in [7, 11) is 0. The van der Waals surface area contributed by atoms with E-state index in [2.05, 4.69) is 10.1 Å². The van der Waals surface area contributed by atoms with Gasteiger partial charge in [0.15, 0.2) is 0 Å². The number of nitrogens with zero attached hydrogens (tertiary/aromatic N) is 3. The summed E-state index contributed by atoms with van der Waals surface area (Å²) in [5, 5.41) is 3.85. The first-order valence-electron chi connectivity index (χ1n) is 3.75. The fourth-order valence-electron chi connectivity index (χ4n) is 0.877. The van der Waals surface area contributed by atoms with Crippen molar-refractivity contribution in [2.45, 2.75) is 0 Å². The fraction of sp³-hybridized carbons (Fsp3) is 0. The van der Waals surface area contributed by atoms with Gasteiger partial charge in [-0.25, -0.2) is 4.98 Å². The smallest absolute Gasteiger partial charge is 0.271 e. The van der Waals surface area contributed by atoms with Crippen molar-refractivity contribution in [3.8, 4) is 5.88 Å². The van der Waals surface area contributed by atoms with E-state index in [0.717, 1.165) is 0 Å². The lowest BCUT2D eigenvalue weighted by molar-refractivity contribution is 0.172. The maximum Gasteiger partial charge on any atom is 0.271 e. The van der Waals surface area contributed by atoms with E-state index in [9.17, 15) is 0 Å². The Hall–Kier alpha value is -2.04. The first-order valence-corrected chi connectivity index (χ1v) is 3.75. The lowest BCUT2D eigenvalue weighted by Crippen LogP contribution is -2.08. The number of hydrogen-bond acceptors (Lipinski definition) is 4. The number of nitrogens with two attached hydrogens (primary N) is 1. The summed E-state index contributed by atoms with van der Waals surface area (Å²) in [5.74, 6) is 0.353. The number of pyridine rings is 1. The van der Waals surface area contributed by atoms with E-state index in [1.165, 1.54) is 4.85 Å². The van der Waals surface area contributed by atoms with Crippen molar-refractivity contribution < 1.29 is 4.84 Å². The molecule has 2 rings (SSSR count). The molecule has 5 nitrogen and oxygen atoms in total. The van der Waals surface area contributed by atoms with Gasteiger partial charge in [0.1, 0.15) is 0 Å². The molecule has 0 aliphatic rings. The van der Waals surface area contributed by atoms with Crippen LogP contribution in [0.2, 0.25) is 0 Å². The second-order valence-electron chi connectivity index (χ2n) is 2.40. The third-order valence-electron chi connectivity index (χ3n) is 1.46. The van der Waals surface area contributed by atoms with Crippen LogP contribution in [0.1, 0.15) is 0 Å². The molecule has 5 heteroatoms. The van der Waals surface area contributed by atoms with Crippen molar-refractivity contribution in [3.63, 3.8) is 0 Å². The minimum absolute atomic E-state index is 0.353. The minimum Gasteiger partial charge on any atom is -0.394 e. The molecule has 0 unspecified atom stereocenters. The van der Waals surface area contributed by atoms with Crippen molar-refractivity contribution in [1.82, 2.24) is 14.9 Å². The number of nitrogen functional groups attached to an aromatic ring is 1. The predicted molar refractivity (Wildman–Crippen MR) is 46.9 cm³/mol. The molecule has 13 heavy (non-hydrogen) atoms. The van der Waals surface area contributed by atoms with Crippen LogP contribution in [0.3, 0.4) is 0 Å². The zero-order valence-corrected chi connectivity index (χ0v) is 6.79. The van der Waals surface area contributed by atoms with Gasteiger partial charge in [-0.2, -0.15) is 0 Å². The number of hydrogen-bond donors (Lipinski definition) is 1. The largest absolute Gasteiger partial charge is 0.394 e. The second kappa shape index (κ2) is 3.14. The highest BCUT2D eigenvalue weighted by Gasteiger charge is 2.00. The summed E-state index contributed by atoms with van der Waals surface area (Å²) >= 11 is 0. The van der Waals surface area contributed by atoms with Gasteiger partial charge in [0.2, 0.25) is 0 Å². The zero-order valence-electron chi connectivity index (χ0n) is 6.79. The first kappa shape index (κ1) is 7.60. The van der Waals surface area contributed by atoms with Gasteiger partial charge in [-0.1, -0.05) is 4.85 Å². The molecule has 2 aromatic rings. The van der Waals surface area contributed by atoms with Gasteiger partial charge in [0.25, 0.3) is 5.88 Å². The van der Waals surface area contributed by atoms with Gasteiger partial charge >= 0.3 is 0 Å². The van der Waals surface area contributed by atoms with E-state index >= 15 is 0 Å². The Labute approximate surface area is 74.7 Å². The van der Waals surface area contributed by atoms with E-state index in [-0.39, 0.29) is 0 Å². The number of anilines is 1. The second-order valence-corrected chi connectivity index (χ2v) is 2.40. The van der Waals surface area contributed by atoms with Crippen LogP contribution < -0.4 is 10.6 Å². The van der Waals surface area contributed by atoms with Crippen molar-refractivity contribution in [1.29, 1.82) is 0 Å². The number of rotatable bonds is 2. The van der Waals surface area contributed by atoms with Crippen molar-refractivity contribution >= 4 is 5.69 Å². The molecule has 0 aromatic carbocycles. The molecule has 0 saturated carbocycles. The van der Waals surface area contributed by atoms with Gasteiger partial charge in [-0.05, 0) is 18.2 Å². The molecule has 0 spiro atoms. The van der Waals surface area contributed by atoms with Crippen LogP contribution in [0.5, 0.6) is 5.88 Å². The fourth-order valence-corrected chi connectivity index (χ4v) is 0.877. The minimum atomic E-state index is 0.353. The van der Waals surface area contributed by atoms with Crippen LogP contribution in [0.25, 0.3) is 0 Å². The van der Waals surface area contributed by atoms with Gasteiger partial charge < -0.3 is 10.6 Å². The molecule has 0 amide bonds. The molecule has 0 radical (unpaired) electrons. The molecule has 2 aromatic heterocycles. The van der Waals surface area contributed by atoms with E-state index in [1.807, 2.05) is 0 Å². The van der Waals surface area contributed by atoms with Gasteiger partial charge in [-0.3, -0.25) is 0 Å². The third-order valence-corrected chi connectivity index (χ3v) is 1.46. The standard InChI is InChI=1S/C8H8N4O/c9-7-3-1-4-10-8(7)13-12-6-2-5-11-12/h1-6H,9H2. The van der Waals surface area contributed by atoms with Crippen LogP contribution in [-0.2, 0) is 0 Å². The molecule has 0 fully saturated rings. The van der Waals surface area contributed by atoms with Crippen LogP contribution in [0, 0.1) is 0 Å². The van der Waals surface area contributed by atoms with E-state index in [0.29, 0.717) is 11.6 Å². The molecule has 2 heterocycles. The topological polar surface area (TPSA) is 66.0 Å². The molecular formula is C8H8N4O. The van der Waals surface area contributed by atoms with Crippen molar-refractivity contribution in [3.05, 3.63) is 36.8 Å². The summed E-state index contributed by atoms with van der Waals surface area (Å²) in [6, 6.07) is 5.20. The van der Waals surface area contributed by atoms with Crippen LogP contribution >= 0.6 is 0 Å². The van der Waals surface area contributed by atoms with Gasteiger partial charge in [0, 0.05) is 6.20 Å². The van der Waals surface area contributed by atoms with E-state index < -0.39 is 0 Å². The number of aromatic nitrogens is 3. The molecule has 2 N–H and O–H groups in total. The van der Waals surface area contributed by atoms with Crippen molar-refractivity contribution in [2.24, 2.45) is 0 Å². The Morgan fingerprint density at radius 1 is 1.31 bits per heavy atom.